The molecule has 2 amide bonds. The SMILES string of the molecule is N#Cc1ccc(S(=O)(=O)N2CCN(C(=O)c3ccc(N4CCCCC4=O)cc3)CC2)cc1. The Morgan fingerprint density at radius 2 is 1.53 bits per heavy atom. The predicted molar refractivity (Wildman–Crippen MR) is 118 cm³/mol. The molecule has 0 bridgehead atoms. The van der Waals surface area contributed by atoms with E-state index in [1.807, 2.05) is 6.07 Å². The summed E-state index contributed by atoms with van der Waals surface area (Å²) in [6, 6.07) is 14.8. The van der Waals surface area contributed by atoms with E-state index in [-0.39, 0.29) is 29.8 Å². The Hall–Kier alpha value is -3.22. The quantitative estimate of drug-likeness (QED) is 0.708. The first-order valence-electron chi connectivity index (χ1n) is 10.6. The Kier molecular flexibility index (Phi) is 6.26. The number of hydrogen-bond donors (Lipinski definition) is 0. The zero-order chi connectivity index (χ0) is 22.7. The van der Waals surface area contributed by atoms with Crippen LogP contribution in [0.5, 0.6) is 0 Å². The topological polar surface area (TPSA) is 102 Å². The molecule has 0 unspecified atom stereocenters. The lowest BCUT2D eigenvalue weighted by Gasteiger charge is -2.34. The largest absolute Gasteiger partial charge is 0.336 e. The molecule has 0 spiro atoms. The normalized spacial score (nSPS) is 17.8. The summed E-state index contributed by atoms with van der Waals surface area (Å²) in [5.74, 6) is -0.0492. The number of nitriles is 1. The molecule has 9 heteroatoms. The lowest BCUT2D eigenvalue weighted by Crippen LogP contribution is -2.50. The van der Waals surface area contributed by atoms with Crippen molar-refractivity contribution in [3.8, 4) is 6.07 Å². The third-order valence-electron chi connectivity index (χ3n) is 5.90. The van der Waals surface area contributed by atoms with E-state index in [0.717, 1.165) is 18.5 Å². The van der Waals surface area contributed by atoms with Gasteiger partial charge in [0.2, 0.25) is 15.9 Å². The van der Waals surface area contributed by atoms with Gasteiger partial charge in [-0.15, -0.1) is 0 Å². The first-order chi connectivity index (χ1) is 15.4. The zero-order valence-electron chi connectivity index (χ0n) is 17.6. The van der Waals surface area contributed by atoms with Crippen molar-refractivity contribution in [3.05, 3.63) is 59.7 Å². The summed E-state index contributed by atoms with van der Waals surface area (Å²) in [5, 5.41) is 8.88. The maximum Gasteiger partial charge on any atom is 0.253 e. The summed E-state index contributed by atoms with van der Waals surface area (Å²) >= 11 is 0. The van der Waals surface area contributed by atoms with Crippen LogP contribution in [-0.2, 0) is 14.8 Å². The van der Waals surface area contributed by atoms with Crippen LogP contribution in [0.4, 0.5) is 5.69 Å². The fraction of sp³-hybridized carbons (Fsp3) is 0.348. The fourth-order valence-electron chi connectivity index (χ4n) is 4.03. The highest BCUT2D eigenvalue weighted by Crippen LogP contribution is 2.23. The smallest absolute Gasteiger partial charge is 0.253 e. The number of rotatable bonds is 4. The lowest BCUT2D eigenvalue weighted by molar-refractivity contribution is -0.119. The molecule has 2 heterocycles. The second-order valence-electron chi connectivity index (χ2n) is 7.88. The standard InChI is InChI=1S/C23H24N4O4S/c24-17-18-4-10-21(11-5-18)32(30,31)26-15-13-25(14-16-26)23(29)19-6-8-20(9-7-19)27-12-2-1-3-22(27)28/h4-11H,1-3,12-16H2. The second kappa shape index (κ2) is 9.10. The highest BCUT2D eigenvalue weighted by molar-refractivity contribution is 7.89. The third kappa shape index (κ3) is 4.38. The van der Waals surface area contributed by atoms with Crippen LogP contribution in [0.3, 0.4) is 0 Å². The number of piperazine rings is 1. The first kappa shape index (κ1) is 22.0. The van der Waals surface area contributed by atoms with E-state index in [1.165, 1.54) is 28.6 Å². The van der Waals surface area contributed by atoms with E-state index in [4.69, 9.17) is 5.26 Å². The van der Waals surface area contributed by atoms with Crippen molar-refractivity contribution < 1.29 is 18.0 Å². The van der Waals surface area contributed by atoms with Gasteiger partial charge in [0.05, 0.1) is 16.5 Å². The minimum absolute atomic E-state index is 0.106. The van der Waals surface area contributed by atoms with E-state index in [2.05, 4.69) is 0 Å². The zero-order valence-corrected chi connectivity index (χ0v) is 18.4. The average molecular weight is 453 g/mol. The highest BCUT2D eigenvalue weighted by Gasteiger charge is 2.30. The first-order valence-corrected chi connectivity index (χ1v) is 12.0. The van der Waals surface area contributed by atoms with Crippen LogP contribution >= 0.6 is 0 Å². The number of carbonyl (C=O) groups excluding carboxylic acids is 2. The molecule has 8 nitrogen and oxygen atoms in total. The number of carbonyl (C=O) groups is 2. The summed E-state index contributed by atoms with van der Waals surface area (Å²) in [7, 11) is -3.68. The van der Waals surface area contributed by atoms with E-state index in [0.29, 0.717) is 37.2 Å². The van der Waals surface area contributed by atoms with Crippen LogP contribution < -0.4 is 4.90 Å². The molecule has 0 radical (unpaired) electrons. The molecular formula is C23H24N4O4S. The minimum Gasteiger partial charge on any atom is -0.336 e. The number of piperidine rings is 1. The van der Waals surface area contributed by atoms with Crippen LogP contribution in [0, 0.1) is 11.3 Å². The van der Waals surface area contributed by atoms with Gasteiger partial charge in [-0.2, -0.15) is 9.57 Å². The number of sulfonamides is 1. The molecule has 0 saturated carbocycles. The van der Waals surface area contributed by atoms with Gasteiger partial charge in [0.1, 0.15) is 0 Å². The number of anilines is 1. The van der Waals surface area contributed by atoms with Crippen LogP contribution in [0.2, 0.25) is 0 Å². The van der Waals surface area contributed by atoms with Crippen molar-refractivity contribution in [2.75, 3.05) is 37.6 Å². The summed E-state index contributed by atoms with van der Waals surface area (Å²) in [6.45, 7) is 1.69. The maximum absolute atomic E-state index is 12.9. The van der Waals surface area contributed by atoms with E-state index >= 15 is 0 Å². The summed E-state index contributed by atoms with van der Waals surface area (Å²) in [6.07, 6.45) is 2.44. The van der Waals surface area contributed by atoms with Crippen molar-refractivity contribution >= 4 is 27.5 Å². The van der Waals surface area contributed by atoms with Crippen LogP contribution in [0.1, 0.15) is 35.2 Å². The van der Waals surface area contributed by atoms with Crippen molar-refractivity contribution in [1.82, 2.24) is 9.21 Å². The van der Waals surface area contributed by atoms with Crippen LogP contribution in [-0.4, -0.2) is 62.2 Å². The highest BCUT2D eigenvalue weighted by atomic mass is 32.2. The van der Waals surface area contributed by atoms with Crippen molar-refractivity contribution in [2.45, 2.75) is 24.2 Å². The minimum atomic E-state index is -3.68. The molecule has 2 aliphatic heterocycles. The molecule has 4 rings (SSSR count). The van der Waals surface area contributed by atoms with Gasteiger partial charge in [0, 0.05) is 50.4 Å². The Bertz CT molecular complexity index is 1150. The molecule has 0 atom stereocenters. The molecule has 2 aromatic carbocycles. The van der Waals surface area contributed by atoms with Crippen molar-refractivity contribution in [1.29, 1.82) is 5.26 Å². The van der Waals surface area contributed by atoms with Crippen molar-refractivity contribution in [2.24, 2.45) is 0 Å². The Balaban J connectivity index is 1.39. The molecule has 166 valence electrons. The molecule has 2 fully saturated rings. The average Bonchev–Trinajstić information content (AvgIpc) is 2.84. The van der Waals surface area contributed by atoms with Gasteiger partial charge in [-0.25, -0.2) is 8.42 Å². The Labute approximate surface area is 187 Å². The summed E-state index contributed by atoms with van der Waals surface area (Å²) < 4.78 is 27.1. The number of nitrogens with zero attached hydrogens (tertiary/aromatic N) is 4. The third-order valence-corrected chi connectivity index (χ3v) is 7.81. The molecule has 0 aromatic heterocycles. The van der Waals surface area contributed by atoms with Crippen molar-refractivity contribution in [3.63, 3.8) is 0 Å². The van der Waals surface area contributed by atoms with E-state index in [9.17, 15) is 18.0 Å². The number of amides is 2. The molecule has 2 aliphatic rings. The number of benzene rings is 2. The number of hydrogen-bond acceptors (Lipinski definition) is 5. The summed E-state index contributed by atoms with van der Waals surface area (Å²) in [5.41, 5.74) is 1.71. The van der Waals surface area contributed by atoms with Crippen LogP contribution in [0.25, 0.3) is 0 Å². The lowest BCUT2D eigenvalue weighted by atomic mass is 10.1. The molecule has 2 aromatic rings. The Morgan fingerprint density at radius 1 is 0.875 bits per heavy atom. The van der Waals surface area contributed by atoms with Gasteiger partial charge >= 0.3 is 0 Å². The summed E-state index contributed by atoms with van der Waals surface area (Å²) in [4.78, 5) is 28.5. The molecule has 32 heavy (non-hydrogen) atoms. The Morgan fingerprint density at radius 3 is 2.12 bits per heavy atom. The van der Waals surface area contributed by atoms with E-state index < -0.39 is 10.0 Å². The molecule has 2 saturated heterocycles. The van der Waals surface area contributed by atoms with Gasteiger partial charge in [0.15, 0.2) is 0 Å². The molecule has 0 aliphatic carbocycles. The maximum atomic E-state index is 12.9. The predicted octanol–water partition coefficient (Wildman–Crippen LogP) is 2.22. The van der Waals surface area contributed by atoms with Gasteiger partial charge in [-0.3, -0.25) is 9.59 Å². The van der Waals surface area contributed by atoms with Gasteiger partial charge < -0.3 is 9.80 Å². The van der Waals surface area contributed by atoms with Gasteiger partial charge in [-0.05, 0) is 61.4 Å². The fourth-order valence-corrected chi connectivity index (χ4v) is 5.45. The van der Waals surface area contributed by atoms with Gasteiger partial charge in [0.25, 0.3) is 5.91 Å². The van der Waals surface area contributed by atoms with Gasteiger partial charge in [-0.1, -0.05) is 0 Å². The molecular weight excluding hydrogens is 428 g/mol. The molecule has 0 N–H and O–H groups in total. The monoisotopic (exact) mass is 452 g/mol. The second-order valence-corrected chi connectivity index (χ2v) is 9.82. The van der Waals surface area contributed by atoms with Crippen LogP contribution in [0.15, 0.2) is 53.4 Å². The van der Waals surface area contributed by atoms with E-state index in [1.54, 1.807) is 34.1 Å².